The fourth-order valence-electron chi connectivity index (χ4n) is 5.17. The number of aryl methyl sites for hydroxylation is 1. The Morgan fingerprint density at radius 1 is 1.13 bits per heavy atom. The summed E-state index contributed by atoms with van der Waals surface area (Å²) in [4.78, 5) is 33.8. The van der Waals surface area contributed by atoms with E-state index in [-0.39, 0.29) is 17.6 Å². The van der Waals surface area contributed by atoms with Crippen LogP contribution in [0.3, 0.4) is 0 Å². The van der Waals surface area contributed by atoms with Crippen LogP contribution in [0.2, 0.25) is 0 Å². The lowest BCUT2D eigenvalue weighted by atomic mass is 10.1. The van der Waals surface area contributed by atoms with Crippen LogP contribution in [0, 0.1) is 6.92 Å². The molecular weight excluding hydrogens is 528 g/mol. The molecule has 1 N–H and O–H groups in total. The van der Waals surface area contributed by atoms with Crippen molar-refractivity contribution in [1.29, 1.82) is 0 Å². The second kappa shape index (κ2) is 15.0. The van der Waals surface area contributed by atoms with Gasteiger partial charge in [0, 0.05) is 25.9 Å². The number of ether oxygens (including phenoxy) is 1. The van der Waals surface area contributed by atoms with Crippen LogP contribution in [-0.4, -0.2) is 50.3 Å². The fourth-order valence-corrected chi connectivity index (χ4v) is 6.46. The van der Waals surface area contributed by atoms with Gasteiger partial charge in [-0.3, -0.25) is 18.9 Å². The zero-order valence-corrected chi connectivity index (χ0v) is 25.0. The van der Waals surface area contributed by atoms with E-state index in [0.717, 1.165) is 37.9 Å². The first-order valence-electron chi connectivity index (χ1n) is 14.6. The van der Waals surface area contributed by atoms with E-state index < -0.39 is 0 Å². The molecule has 0 spiro atoms. The maximum atomic E-state index is 13.6. The number of fused-ring (bicyclic) bond motifs is 1. The first-order chi connectivity index (χ1) is 19.0. The van der Waals surface area contributed by atoms with Crippen LogP contribution in [0.5, 0.6) is 0 Å². The minimum Gasteiger partial charge on any atom is -0.376 e. The van der Waals surface area contributed by atoms with Gasteiger partial charge in [0.2, 0.25) is 0 Å². The molecule has 4 heterocycles. The number of thiocarbonyl (C=S) groups is 1. The monoisotopic (exact) mass is 570 g/mol. The van der Waals surface area contributed by atoms with Crippen LogP contribution < -0.4 is 10.9 Å². The maximum absolute atomic E-state index is 13.6. The van der Waals surface area contributed by atoms with Crippen molar-refractivity contribution in [1.82, 2.24) is 14.3 Å². The Morgan fingerprint density at radius 3 is 2.54 bits per heavy atom. The predicted molar refractivity (Wildman–Crippen MR) is 165 cm³/mol. The second-order valence-corrected chi connectivity index (χ2v) is 12.3. The van der Waals surface area contributed by atoms with Crippen LogP contribution in [0.15, 0.2) is 28.0 Å². The molecule has 0 aromatic carbocycles. The molecule has 0 aliphatic carbocycles. The number of nitrogens with zero attached hydrogens (tertiary/aromatic N) is 3. The molecule has 2 aromatic rings. The summed E-state index contributed by atoms with van der Waals surface area (Å²) in [5.74, 6) is 0.351. The molecule has 2 aliphatic rings. The van der Waals surface area contributed by atoms with Gasteiger partial charge in [0.05, 0.1) is 16.6 Å². The normalized spacial score (nSPS) is 18.7. The number of pyridine rings is 1. The third kappa shape index (κ3) is 7.92. The zero-order chi connectivity index (χ0) is 27.6. The number of amides is 1. The number of carbonyl (C=O) groups excluding carboxylic acids is 1. The van der Waals surface area contributed by atoms with Gasteiger partial charge in [0.1, 0.15) is 15.8 Å². The lowest BCUT2D eigenvalue weighted by Crippen LogP contribution is -2.29. The molecule has 4 rings (SSSR count). The van der Waals surface area contributed by atoms with Crippen molar-refractivity contribution in [3.8, 4) is 0 Å². The highest BCUT2D eigenvalue weighted by atomic mass is 32.2. The lowest BCUT2D eigenvalue weighted by molar-refractivity contribution is -0.122. The molecule has 9 heteroatoms. The van der Waals surface area contributed by atoms with Gasteiger partial charge in [-0.2, -0.15) is 0 Å². The van der Waals surface area contributed by atoms with Crippen LogP contribution in [0.4, 0.5) is 5.82 Å². The molecule has 2 saturated heterocycles. The quantitative estimate of drug-likeness (QED) is 0.145. The summed E-state index contributed by atoms with van der Waals surface area (Å²) in [5, 5.41) is 3.34. The molecule has 0 radical (unpaired) electrons. The van der Waals surface area contributed by atoms with Crippen molar-refractivity contribution in [2.75, 3.05) is 25.0 Å². The molecule has 2 fully saturated rings. The lowest BCUT2D eigenvalue weighted by Gasteiger charge is -2.15. The minimum atomic E-state index is -0.210. The van der Waals surface area contributed by atoms with Gasteiger partial charge in [0.15, 0.2) is 0 Å². The van der Waals surface area contributed by atoms with Crippen LogP contribution in [-0.2, 0) is 9.53 Å². The van der Waals surface area contributed by atoms with Crippen molar-refractivity contribution in [3.05, 3.63) is 44.7 Å². The van der Waals surface area contributed by atoms with Crippen LogP contribution in [0.1, 0.15) is 95.1 Å². The average Bonchev–Trinajstić information content (AvgIpc) is 3.54. The number of aromatic nitrogens is 2. The van der Waals surface area contributed by atoms with E-state index in [1.807, 2.05) is 19.1 Å². The average molecular weight is 571 g/mol. The summed E-state index contributed by atoms with van der Waals surface area (Å²) < 4.78 is 7.85. The number of hydrogen-bond acceptors (Lipinski definition) is 7. The molecule has 7 nitrogen and oxygen atoms in total. The Bertz CT molecular complexity index is 1240. The van der Waals surface area contributed by atoms with Gasteiger partial charge in [-0.15, -0.1) is 0 Å². The summed E-state index contributed by atoms with van der Waals surface area (Å²) in [6.07, 6.45) is 17.9. The number of rotatable bonds is 15. The number of nitrogens with one attached hydrogen (secondary N) is 1. The SMILES string of the molecule is CCCCCCCCCCCCN1C(=O)/C(=C\c2c(NCC3CCCO3)nc3c(C)cccn3c2=O)SC1=S. The molecule has 39 heavy (non-hydrogen) atoms. The third-order valence-electron chi connectivity index (χ3n) is 7.49. The van der Waals surface area contributed by atoms with E-state index in [4.69, 9.17) is 21.9 Å². The molecule has 1 unspecified atom stereocenters. The van der Waals surface area contributed by atoms with Gasteiger partial charge in [-0.05, 0) is 43.9 Å². The number of hydrogen-bond donors (Lipinski definition) is 1. The van der Waals surface area contributed by atoms with Crippen molar-refractivity contribution in [3.63, 3.8) is 0 Å². The van der Waals surface area contributed by atoms with Crippen molar-refractivity contribution in [2.45, 2.75) is 97.0 Å². The van der Waals surface area contributed by atoms with Crippen LogP contribution in [0.25, 0.3) is 11.7 Å². The maximum Gasteiger partial charge on any atom is 0.267 e. The Labute approximate surface area is 241 Å². The number of unbranched alkanes of at least 4 members (excludes halogenated alkanes) is 9. The first kappa shape index (κ1) is 29.7. The predicted octanol–water partition coefficient (Wildman–Crippen LogP) is 6.72. The highest BCUT2D eigenvalue weighted by molar-refractivity contribution is 8.26. The van der Waals surface area contributed by atoms with Gasteiger partial charge in [-0.1, -0.05) is 94.8 Å². The molecule has 1 atom stereocenters. The molecular formula is C30H42N4O3S2. The topological polar surface area (TPSA) is 75.9 Å². The summed E-state index contributed by atoms with van der Waals surface area (Å²) in [6, 6.07) is 3.77. The Hall–Kier alpha value is -2.23. The van der Waals surface area contributed by atoms with Crippen LogP contribution >= 0.6 is 24.0 Å². The molecule has 1 amide bonds. The van der Waals surface area contributed by atoms with E-state index in [1.165, 1.54) is 63.1 Å². The Kier molecular flexibility index (Phi) is 11.4. The summed E-state index contributed by atoms with van der Waals surface area (Å²) in [5.41, 5.74) is 1.67. The summed E-state index contributed by atoms with van der Waals surface area (Å²) >= 11 is 6.83. The van der Waals surface area contributed by atoms with Gasteiger partial charge < -0.3 is 10.1 Å². The minimum absolute atomic E-state index is 0.0919. The second-order valence-electron chi connectivity index (χ2n) is 10.6. The third-order valence-corrected chi connectivity index (χ3v) is 8.87. The smallest absolute Gasteiger partial charge is 0.267 e. The highest BCUT2D eigenvalue weighted by Gasteiger charge is 2.32. The van der Waals surface area contributed by atoms with Gasteiger partial charge in [0.25, 0.3) is 11.5 Å². The number of anilines is 1. The first-order valence-corrected chi connectivity index (χ1v) is 15.8. The largest absolute Gasteiger partial charge is 0.376 e. The van der Waals surface area contributed by atoms with Crippen molar-refractivity contribution < 1.29 is 9.53 Å². The Balaban J connectivity index is 1.41. The number of thioether (sulfide) groups is 1. The fraction of sp³-hybridized carbons (Fsp3) is 0.600. The molecule has 0 saturated carbocycles. The van der Waals surface area contributed by atoms with Crippen molar-refractivity contribution >= 4 is 51.7 Å². The molecule has 2 aliphatic heterocycles. The zero-order valence-electron chi connectivity index (χ0n) is 23.4. The van der Waals surface area contributed by atoms with E-state index in [1.54, 1.807) is 21.6 Å². The van der Waals surface area contributed by atoms with E-state index in [2.05, 4.69) is 12.2 Å². The van der Waals surface area contributed by atoms with E-state index in [9.17, 15) is 9.59 Å². The Morgan fingerprint density at radius 2 is 1.85 bits per heavy atom. The van der Waals surface area contributed by atoms with Crippen molar-refractivity contribution in [2.24, 2.45) is 0 Å². The molecule has 0 bridgehead atoms. The molecule has 2 aromatic heterocycles. The molecule has 212 valence electrons. The highest BCUT2D eigenvalue weighted by Crippen LogP contribution is 2.33. The summed E-state index contributed by atoms with van der Waals surface area (Å²) in [6.45, 7) is 6.13. The van der Waals surface area contributed by atoms with Gasteiger partial charge in [-0.25, -0.2) is 4.98 Å². The van der Waals surface area contributed by atoms with E-state index >= 15 is 0 Å². The standard InChI is InChI=1S/C30H42N4O3S2/c1-3-4-5-6-7-8-9-10-11-12-17-34-29(36)25(39-30(34)38)20-24-26(31-21-23-16-14-19-37-23)32-27-22(2)15-13-18-33(27)28(24)35/h13,15,18,20,23,31H,3-12,14,16-17,19,21H2,1-2H3/b25-20+. The van der Waals surface area contributed by atoms with E-state index in [0.29, 0.717) is 39.3 Å². The van der Waals surface area contributed by atoms with Gasteiger partial charge >= 0.3 is 0 Å². The number of carbonyl (C=O) groups is 1. The summed E-state index contributed by atoms with van der Waals surface area (Å²) in [7, 11) is 0.